The van der Waals surface area contributed by atoms with E-state index in [2.05, 4.69) is 10.6 Å². The average Bonchev–Trinajstić information content (AvgIpc) is 3.27. The van der Waals surface area contributed by atoms with Gasteiger partial charge in [0.1, 0.15) is 4.33 Å². The number of halogens is 7. The van der Waals surface area contributed by atoms with Gasteiger partial charge in [-0.1, -0.05) is 34.8 Å². The highest BCUT2D eigenvalue weighted by molar-refractivity contribution is 6.53. The number of hydrogen-bond donors (Lipinski definition) is 2. The second-order valence-electron chi connectivity index (χ2n) is 8.36. The van der Waals surface area contributed by atoms with Gasteiger partial charge in [-0.2, -0.15) is 0 Å². The summed E-state index contributed by atoms with van der Waals surface area (Å²) in [5.74, 6) is -5.21. The molecule has 0 aromatic heterocycles. The molecular weight excluding hydrogens is 540 g/mol. The number of benzene rings is 2. The summed E-state index contributed by atoms with van der Waals surface area (Å²) in [4.78, 5) is 25.4. The van der Waals surface area contributed by atoms with Crippen LogP contribution >= 0.6 is 58.0 Å². The van der Waals surface area contributed by atoms with Gasteiger partial charge in [0.15, 0.2) is 0 Å². The normalized spacial score (nSPS) is 22.9. The summed E-state index contributed by atoms with van der Waals surface area (Å²) in [7, 11) is 0. The summed E-state index contributed by atoms with van der Waals surface area (Å²) in [5.41, 5.74) is 1.05. The lowest BCUT2D eigenvalue weighted by molar-refractivity contribution is -0.117. The van der Waals surface area contributed by atoms with Crippen LogP contribution < -0.4 is 10.6 Å². The molecule has 2 amide bonds. The minimum absolute atomic E-state index is 0.109. The molecule has 11 heteroatoms. The molecule has 4 rings (SSSR count). The molecule has 0 aliphatic heterocycles. The highest BCUT2D eigenvalue weighted by Crippen LogP contribution is 2.65. The monoisotopic (exact) mass is 554 g/mol. The summed E-state index contributed by atoms with van der Waals surface area (Å²) in [6.07, 6.45) is -0.508. The zero-order chi connectivity index (χ0) is 24.1. The molecule has 2 aliphatic rings. The number of nitrogens with one attached hydrogen (secondary N) is 2. The third-order valence-corrected chi connectivity index (χ3v) is 7.49. The van der Waals surface area contributed by atoms with Crippen LogP contribution in [0.4, 0.5) is 14.5 Å². The number of alkyl halides is 4. The highest BCUT2D eigenvalue weighted by Gasteiger charge is 2.67. The largest absolute Gasteiger partial charge is 0.352 e. The second-order valence-corrected chi connectivity index (χ2v) is 11.1. The Bertz CT molecular complexity index is 1100. The molecule has 2 aliphatic carbocycles. The van der Waals surface area contributed by atoms with Crippen molar-refractivity contribution in [2.24, 2.45) is 11.8 Å². The fraction of sp³-hybridized carbons (Fsp3) is 0.364. The predicted molar refractivity (Wildman–Crippen MR) is 127 cm³/mol. The summed E-state index contributed by atoms with van der Waals surface area (Å²) in [6, 6.07) is 9.25. The van der Waals surface area contributed by atoms with E-state index in [4.69, 9.17) is 58.0 Å². The molecule has 0 bridgehead atoms. The first-order valence-corrected chi connectivity index (χ1v) is 11.9. The summed E-state index contributed by atoms with van der Waals surface area (Å²) in [5, 5.41) is 6.26. The van der Waals surface area contributed by atoms with Crippen LogP contribution in [0.5, 0.6) is 0 Å². The molecule has 2 aromatic carbocycles. The van der Waals surface area contributed by atoms with Crippen molar-refractivity contribution in [3.05, 3.63) is 62.6 Å². The van der Waals surface area contributed by atoms with Gasteiger partial charge in [0.05, 0.1) is 16.5 Å². The predicted octanol–water partition coefficient (Wildman–Crippen LogP) is 6.95. The number of amides is 2. The van der Waals surface area contributed by atoms with Crippen molar-refractivity contribution >= 4 is 75.5 Å². The Hall–Kier alpha value is -1.31. The Morgan fingerprint density at radius 3 is 2.24 bits per heavy atom. The van der Waals surface area contributed by atoms with Crippen molar-refractivity contribution in [3.8, 4) is 0 Å². The fourth-order valence-corrected chi connectivity index (χ4v) is 5.66. The van der Waals surface area contributed by atoms with Crippen molar-refractivity contribution in [2.45, 2.75) is 29.0 Å². The number of carbonyl (C=O) groups is 2. The van der Waals surface area contributed by atoms with E-state index in [1.807, 2.05) is 0 Å². The molecule has 2 aromatic rings. The molecule has 0 unspecified atom stereocenters. The maximum Gasteiger partial charge on any atom is 0.252 e. The molecule has 0 saturated heterocycles. The topological polar surface area (TPSA) is 58.2 Å². The Morgan fingerprint density at radius 2 is 1.64 bits per heavy atom. The first-order chi connectivity index (χ1) is 15.4. The number of hydrogen-bond acceptors (Lipinski definition) is 2. The van der Waals surface area contributed by atoms with Gasteiger partial charge in [-0.25, -0.2) is 8.78 Å². The van der Waals surface area contributed by atoms with Gasteiger partial charge in [-0.3, -0.25) is 9.59 Å². The summed E-state index contributed by atoms with van der Waals surface area (Å²) in [6.45, 7) is 0.119. The van der Waals surface area contributed by atoms with E-state index in [0.717, 1.165) is 0 Å². The van der Waals surface area contributed by atoms with E-state index >= 15 is 0 Å². The zero-order valence-corrected chi connectivity index (χ0v) is 20.6. The third kappa shape index (κ3) is 5.35. The molecule has 0 radical (unpaired) electrons. The minimum atomic E-state index is -2.66. The van der Waals surface area contributed by atoms with E-state index in [1.54, 1.807) is 18.2 Å². The molecule has 33 heavy (non-hydrogen) atoms. The quantitative estimate of drug-likeness (QED) is 0.379. The van der Waals surface area contributed by atoms with Gasteiger partial charge in [0, 0.05) is 41.0 Å². The van der Waals surface area contributed by atoms with E-state index in [9.17, 15) is 18.4 Å². The van der Waals surface area contributed by atoms with Gasteiger partial charge >= 0.3 is 0 Å². The Morgan fingerprint density at radius 1 is 1.00 bits per heavy atom. The fourth-order valence-electron chi connectivity index (χ4n) is 4.08. The van der Waals surface area contributed by atoms with Crippen molar-refractivity contribution in [1.29, 1.82) is 0 Å². The summed E-state index contributed by atoms with van der Waals surface area (Å²) >= 11 is 31.0. The van der Waals surface area contributed by atoms with Crippen LogP contribution in [0.2, 0.25) is 15.1 Å². The van der Waals surface area contributed by atoms with Crippen LogP contribution in [0.1, 0.15) is 34.7 Å². The van der Waals surface area contributed by atoms with Gasteiger partial charge in [0.25, 0.3) is 5.91 Å². The lowest BCUT2D eigenvalue weighted by atomic mass is 9.81. The second kappa shape index (κ2) is 9.04. The third-order valence-electron chi connectivity index (χ3n) is 5.78. The summed E-state index contributed by atoms with van der Waals surface area (Å²) < 4.78 is 24.6. The number of rotatable bonds is 6. The van der Waals surface area contributed by atoms with Crippen molar-refractivity contribution in [1.82, 2.24) is 5.32 Å². The standard InChI is InChI=1S/C22H17Cl5F2N2O2/c23-12-3-11(4-13(24)5-12)17-18(22(17,26)27)20(33)31-14-1-2-16(25)15(6-14)19(32)30-9-10-7-21(28,29)8-10/h1-6,10,17-18H,7-9H2,(H,30,32)(H,31,33)/t17-,18+/m0/s1. The van der Waals surface area contributed by atoms with Crippen LogP contribution in [0.3, 0.4) is 0 Å². The SMILES string of the molecule is O=C(NCC1CC(F)(F)C1)c1cc(NC(=O)[C@H]2[C@H](c3cc(Cl)cc(Cl)c3)C2(Cl)Cl)ccc1Cl. The number of carbonyl (C=O) groups excluding carboxylic acids is 2. The first kappa shape index (κ1) is 24.8. The van der Waals surface area contributed by atoms with Crippen LogP contribution in [-0.4, -0.2) is 28.6 Å². The molecule has 4 nitrogen and oxygen atoms in total. The number of anilines is 1. The zero-order valence-electron chi connectivity index (χ0n) is 16.8. The lowest BCUT2D eigenvalue weighted by Gasteiger charge is -2.34. The molecule has 2 N–H and O–H groups in total. The molecular formula is C22H17Cl5F2N2O2. The lowest BCUT2D eigenvalue weighted by Crippen LogP contribution is -2.42. The molecule has 2 saturated carbocycles. The van der Waals surface area contributed by atoms with Gasteiger partial charge in [-0.15, -0.1) is 23.2 Å². The highest BCUT2D eigenvalue weighted by atomic mass is 35.5. The van der Waals surface area contributed by atoms with Crippen LogP contribution in [0, 0.1) is 11.8 Å². The van der Waals surface area contributed by atoms with Crippen LogP contribution in [0.25, 0.3) is 0 Å². The molecule has 0 spiro atoms. The van der Waals surface area contributed by atoms with Crippen LogP contribution in [-0.2, 0) is 4.79 Å². The Balaban J connectivity index is 1.42. The van der Waals surface area contributed by atoms with Crippen molar-refractivity contribution < 1.29 is 18.4 Å². The van der Waals surface area contributed by atoms with E-state index in [1.165, 1.54) is 18.2 Å². The molecule has 176 valence electrons. The van der Waals surface area contributed by atoms with Crippen LogP contribution in [0.15, 0.2) is 36.4 Å². The Kier molecular flexibility index (Phi) is 6.80. The van der Waals surface area contributed by atoms with Crippen molar-refractivity contribution in [3.63, 3.8) is 0 Å². The molecule has 0 heterocycles. The first-order valence-electron chi connectivity index (χ1n) is 9.97. The maximum absolute atomic E-state index is 13.0. The smallest absolute Gasteiger partial charge is 0.252 e. The molecule has 2 atom stereocenters. The Labute approximate surface area is 213 Å². The average molecular weight is 557 g/mol. The minimum Gasteiger partial charge on any atom is -0.352 e. The van der Waals surface area contributed by atoms with Gasteiger partial charge in [-0.05, 0) is 47.9 Å². The van der Waals surface area contributed by atoms with Gasteiger partial charge < -0.3 is 10.6 Å². The van der Waals surface area contributed by atoms with E-state index < -0.39 is 33.9 Å². The van der Waals surface area contributed by atoms with E-state index in [0.29, 0.717) is 21.3 Å². The van der Waals surface area contributed by atoms with Gasteiger partial charge in [0.2, 0.25) is 11.8 Å². The van der Waals surface area contributed by atoms with E-state index in [-0.39, 0.29) is 35.9 Å². The van der Waals surface area contributed by atoms with Crippen molar-refractivity contribution in [2.75, 3.05) is 11.9 Å². The maximum atomic E-state index is 13.0. The molecule has 2 fully saturated rings.